The van der Waals surface area contributed by atoms with Gasteiger partial charge in [-0.25, -0.2) is 4.39 Å². The van der Waals surface area contributed by atoms with E-state index in [-0.39, 0.29) is 30.1 Å². The third-order valence-corrected chi connectivity index (χ3v) is 4.94. The molecule has 0 unspecified atom stereocenters. The van der Waals surface area contributed by atoms with Gasteiger partial charge in [0.1, 0.15) is 5.82 Å². The van der Waals surface area contributed by atoms with Crippen molar-refractivity contribution in [3.8, 4) is 0 Å². The van der Waals surface area contributed by atoms with Crippen LogP contribution in [0.3, 0.4) is 0 Å². The zero-order valence-electron chi connectivity index (χ0n) is 14.9. The monoisotopic (exact) mass is 354 g/mol. The number of amides is 2. The number of nitrogens with zero attached hydrogens (tertiary/aromatic N) is 1. The highest BCUT2D eigenvalue weighted by Crippen LogP contribution is 2.20. The van der Waals surface area contributed by atoms with Crippen molar-refractivity contribution in [2.75, 3.05) is 13.1 Å². The van der Waals surface area contributed by atoms with Gasteiger partial charge in [0.05, 0.1) is 0 Å². The van der Waals surface area contributed by atoms with Gasteiger partial charge in [0.15, 0.2) is 0 Å². The maximum atomic E-state index is 13.6. The number of hydrogen-bond donors (Lipinski definition) is 1. The summed E-state index contributed by atoms with van der Waals surface area (Å²) in [5.41, 5.74) is 2.16. The molecule has 2 aromatic rings. The molecule has 1 aliphatic rings. The van der Waals surface area contributed by atoms with Crippen LogP contribution >= 0.6 is 0 Å². The summed E-state index contributed by atoms with van der Waals surface area (Å²) in [7, 11) is 0. The van der Waals surface area contributed by atoms with Crippen LogP contribution in [-0.4, -0.2) is 29.8 Å². The number of carbonyl (C=O) groups excluding carboxylic acids is 2. The van der Waals surface area contributed by atoms with Crippen LogP contribution in [0, 0.1) is 18.7 Å². The Balaban J connectivity index is 1.52. The molecule has 0 aromatic heterocycles. The Hall–Kier alpha value is -2.69. The first-order valence-electron chi connectivity index (χ1n) is 8.92. The SMILES string of the molecule is Cc1ccccc1C(=O)N1CCC(C(=O)NCc2ccccc2F)CC1. The first-order valence-corrected chi connectivity index (χ1v) is 8.92. The van der Waals surface area contributed by atoms with E-state index >= 15 is 0 Å². The number of nitrogens with one attached hydrogen (secondary N) is 1. The first kappa shape index (κ1) is 18.1. The molecule has 4 nitrogen and oxygen atoms in total. The van der Waals surface area contributed by atoms with E-state index in [0.29, 0.717) is 31.5 Å². The van der Waals surface area contributed by atoms with Crippen molar-refractivity contribution in [1.29, 1.82) is 0 Å². The number of benzene rings is 2. The molecule has 0 bridgehead atoms. The summed E-state index contributed by atoms with van der Waals surface area (Å²) in [4.78, 5) is 26.8. The highest BCUT2D eigenvalue weighted by atomic mass is 19.1. The Bertz CT molecular complexity index is 798. The minimum absolute atomic E-state index is 0.0216. The Kier molecular flexibility index (Phi) is 5.66. The normalized spacial score (nSPS) is 14.9. The summed E-state index contributed by atoms with van der Waals surface area (Å²) in [6, 6.07) is 14.0. The molecular weight excluding hydrogens is 331 g/mol. The van der Waals surface area contributed by atoms with Crippen molar-refractivity contribution in [2.24, 2.45) is 5.92 Å². The van der Waals surface area contributed by atoms with Crippen LogP contribution in [0.5, 0.6) is 0 Å². The summed E-state index contributed by atoms with van der Waals surface area (Å²) >= 11 is 0. The van der Waals surface area contributed by atoms with Gasteiger partial charge in [-0.15, -0.1) is 0 Å². The van der Waals surface area contributed by atoms with E-state index in [4.69, 9.17) is 0 Å². The smallest absolute Gasteiger partial charge is 0.254 e. The largest absolute Gasteiger partial charge is 0.352 e. The fraction of sp³-hybridized carbons (Fsp3) is 0.333. The fourth-order valence-corrected chi connectivity index (χ4v) is 3.30. The van der Waals surface area contributed by atoms with Crippen molar-refractivity contribution in [1.82, 2.24) is 10.2 Å². The molecule has 0 saturated carbocycles. The predicted octanol–water partition coefficient (Wildman–Crippen LogP) is 3.30. The van der Waals surface area contributed by atoms with E-state index in [0.717, 1.165) is 11.1 Å². The van der Waals surface area contributed by atoms with Gasteiger partial charge in [0, 0.05) is 36.7 Å². The lowest BCUT2D eigenvalue weighted by Crippen LogP contribution is -2.43. The number of carbonyl (C=O) groups is 2. The van der Waals surface area contributed by atoms with Crippen LogP contribution in [0.2, 0.25) is 0 Å². The van der Waals surface area contributed by atoms with Crippen LogP contribution < -0.4 is 5.32 Å². The van der Waals surface area contributed by atoms with Gasteiger partial charge >= 0.3 is 0 Å². The van der Waals surface area contributed by atoms with E-state index < -0.39 is 0 Å². The molecule has 0 atom stereocenters. The Morgan fingerprint density at radius 3 is 2.42 bits per heavy atom. The Labute approximate surface area is 153 Å². The number of rotatable bonds is 4. The minimum Gasteiger partial charge on any atom is -0.352 e. The summed E-state index contributed by atoms with van der Waals surface area (Å²) in [6.07, 6.45) is 1.25. The lowest BCUT2D eigenvalue weighted by Gasteiger charge is -2.31. The van der Waals surface area contributed by atoms with Crippen molar-refractivity contribution in [2.45, 2.75) is 26.3 Å². The standard InChI is InChI=1S/C21H23FN2O2/c1-15-6-2-4-8-18(15)21(26)24-12-10-16(11-13-24)20(25)23-14-17-7-3-5-9-19(17)22/h2-9,16H,10-14H2,1H3,(H,23,25). The predicted molar refractivity (Wildman–Crippen MR) is 98.1 cm³/mol. The van der Waals surface area contributed by atoms with Crippen LogP contribution in [0.1, 0.15) is 34.3 Å². The second-order valence-corrected chi connectivity index (χ2v) is 6.69. The molecule has 0 radical (unpaired) electrons. The van der Waals surface area contributed by atoms with Crippen LogP contribution in [0.4, 0.5) is 4.39 Å². The Morgan fingerprint density at radius 2 is 1.73 bits per heavy atom. The zero-order chi connectivity index (χ0) is 18.5. The quantitative estimate of drug-likeness (QED) is 0.916. The molecule has 0 spiro atoms. The van der Waals surface area contributed by atoms with Crippen molar-refractivity contribution in [3.63, 3.8) is 0 Å². The average molecular weight is 354 g/mol. The summed E-state index contributed by atoms with van der Waals surface area (Å²) in [5, 5.41) is 2.81. The number of hydrogen-bond acceptors (Lipinski definition) is 2. The number of halogens is 1. The fourth-order valence-electron chi connectivity index (χ4n) is 3.30. The zero-order valence-corrected chi connectivity index (χ0v) is 14.9. The molecule has 3 rings (SSSR count). The van der Waals surface area contributed by atoms with E-state index in [1.165, 1.54) is 6.07 Å². The lowest BCUT2D eigenvalue weighted by molar-refractivity contribution is -0.126. The molecule has 1 saturated heterocycles. The molecule has 0 aliphatic carbocycles. The van der Waals surface area contributed by atoms with E-state index in [1.807, 2.05) is 36.1 Å². The summed E-state index contributed by atoms with van der Waals surface area (Å²) < 4.78 is 13.6. The summed E-state index contributed by atoms with van der Waals surface area (Å²) in [6.45, 7) is 3.24. The molecule has 2 aromatic carbocycles. The van der Waals surface area contributed by atoms with Gasteiger partial charge in [-0.3, -0.25) is 9.59 Å². The van der Waals surface area contributed by atoms with Gasteiger partial charge in [-0.1, -0.05) is 36.4 Å². The van der Waals surface area contributed by atoms with E-state index in [9.17, 15) is 14.0 Å². The van der Waals surface area contributed by atoms with Crippen LogP contribution in [0.15, 0.2) is 48.5 Å². The highest BCUT2D eigenvalue weighted by Gasteiger charge is 2.28. The maximum Gasteiger partial charge on any atom is 0.254 e. The third kappa shape index (κ3) is 4.10. The lowest BCUT2D eigenvalue weighted by atomic mass is 9.95. The van der Waals surface area contributed by atoms with Crippen LogP contribution in [-0.2, 0) is 11.3 Å². The van der Waals surface area contributed by atoms with Gasteiger partial charge in [-0.05, 0) is 37.5 Å². The molecule has 2 amide bonds. The number of piperidine rings is 1. The minimum atomic E-state index is -0.313. The van der Waals surface area contributed by atoms with Crippen molar-refractivity contribution in [3.05, 3.63) is 71.0 Å². The van der Waals surface area contributed by atoms with Gasteiger partial charge in [0.2, 0.25) is 5.91 Å². The second kappa shape index (κ2) is 8.13. The average Bonchev–Trinajstić information content (AvgIpc) is 2.67. The van der Waals surface area contributed by atoms with Crippen molar-refractivity contribution < 1.29 is 14.0 Å². The van der Waals surface area contributed by atoms with E-state index in [2.05, 4.69) is 5.32 Å². The number of likely N-dealkylation sites (tertiary alicyclic amines) is 1. The van der Waals surface area contributed by atoms with Gasteiger partial charge < -0.3 is 10.2 Å². The Morgan fingerprint density at radius 1 is 1.08 bits per heavy atom. The molecule has 1 fully saturated rings. The molecule has 26 heavy (non-hydrogen) atoms. The van der Waals surface area contributed by atoms with Gasteiger partial charge in [-0.2, -0.15) is 0 Å². The molecule has 1 heterocycles. The third-order valence-electron chi connectivity index (χ3n) is 4.94. The molecular formula is C21H23FN2O2. The first-order chi connectivity index (χ1) is 12.6. The molecule has 136 valence electrons. The van der Waals surface area contributed by atoms with Gasteiger partial charge in [0.25, 0.3) is 5.91 Å². The molecule has 1 N–H and O–H groups in total. The number of aryl methyl sites for hydroxylation is 1. The molecule has 5 heteroatoms. The second-order valence-electron chi connectivity index (χ2n) is 6.69. The van der Waals surface area contributed by atoms with Crippen LogP contribution in [0.25, 0.3) is 0 Å². The summed E-state index contributed by atoms with van der Waals surface area (Å²) in [5.74, 6) is -0.501. The maximum absolute atomic E-state index is 13.6. The van der Waals surface area contributed by atoms with E-state index in [1.54, 1.807) is 18.2 Å². The highest BCUT2D eigenvalue weighted by molar-refractivity contribution is 5.95. The van der Waals surface area contributed by atoms with Crippen molar-refractivity contribution >= 4 is 11.8 Å². The molecule has 1 aliphatic heterocycles. The topological polar surface area (TPSA) is 49.4 Å².